The molecule has 1 aromatic heterocycles. The van der Waals surface area contributed by atoms with E-state index in [1.54, 1.807) is 0 Å². The van der Waals surface area contributed by atoms with Gasteiger partial charge in [-0.3, -0.25) is 24.0 Å². The summed E-state index contributed by atoms with van der Waals surface area (Å²) >= 11 is 0. The van der Waals surface area contributed by atoms with Crippen molar-refractivity contribution in [3.63, 3.8) is 0 Å². The highest BCUT2D eigenvalue weighted by Crippen LogP contribution is 2.45. The highest BCUT2D eigenvalue weighted by Gasteiger charge is 2.54. The number of amides is 3. The molecule has 190 valence electrons. The van der Waals surface area contributed by atoms with E-state index in [0.29, 0.717) is 18.4 Å². The second-order valence-electron chi connectivity index (χ2n) is 9.60. The van der Waals surface area contributed by atoms with Gasteiger partial charge in [-0.25, -0.2) is 14.3 Å². The van der Waals surface area contributed by atoms with Gasteiger partial charge in [-0.2, -0.15) is 0 Å². The van der Waals surface area contributed by atoms with Crippen molar-refractivity contribution in [1.82, 2.24) is 20.3 Å². The number of hydrogen-bond donors (Lipinski definition) is 3. The maximum atomic E-state index is 14.2. The molecule has 3 atom stereocenters. The molecule has 2 bridgehead atoms. The zero-order chi connectivity index (χ0) is 25.9. The number of carbonyl (C=O) groups excluding carboxylic acids is 3. The van der Waals surface area contributed by atoms with Crippen LogP contribution in [0.25, 0.3) is 0 Å². The summed E-state index contributed by atoms with van der Waals surface area (Å²) in [5.41, 5.74) is -0.658. The minimum Gasteiger partial charge on any atom is -0.503 e. The molecule has 0 unspecified atom stereocenters. The first kappa shape index (κ1) is 23.9. The second-order valence-corrected chi connectivity index (χ2v) is 9.60. The maximum absolute atomic E-state index is 14.2. The van der Waals surface area contributed by atoms with E-state index in [2.05, 4.69) is 10.8 Å². The first-order chi connectivity index (χ1) is 17.0. The van der Waals surface area contributed by atoms with E-state index in [0.717, 1.165) is 18.3 Å². The fourth-order valence-corrected chi connectivity index (χ4v) is 5.30. The monoisotopic (exact) mass is 502 g/mol. The van der Waals surface area contributed by atoms with Crippen molar-refractivity contribution in [2.24, 2.45) is 0 Å². The second kappa shape index (κ2) is 8.40. The number of pyridine rings is 1. The molecular formula is C24H24F2N4O6. The minimum absolute atomic E-state index is 0.00769. The smallest absolute Gasteiger partial charge is 0.274 e. The van der Waals surface area contributed by atoms with Crippen LogP contribution in [-0.4, -0.2) is 50.5 Å². The molecule has 36 heavy (non-hydrogen) atoms. The summed E-state index contributed by atoms with van der Waals surface area (Å²) in [6.07, 6.45) is 2.05. The fraction of sp³-hybridized carbons (Fsp3) is 0.417. The number of fused-ring (bicyclic) bond motifs is 5. The van der Waals surface area contributed by atoms with E-state index in [1.807, 2.05) is 6.92 Å². The number of benzene rings is 1. The van der Waals surface area contributed by atoms with Crippen LogP contribution in [0.3, 0.4) is 0 Å². The predicted octanol–water partition coefficient (Wildman–Crippen LogP) is 1.44. The molecule has 3 aliphatic rings. The number of nitrogens with one attached hydrogen (secondary N) is 2. The maximum Gasteiger partial charge on any atom is 0.274 e. The highest BCUT2D eigenvalue weighted by molar-refractivity contribution is 5.99. The molecule has 2 saturated heterocycles. The molecule has 0 saturated carbocycles. The summed E-state index contributed by atoms with van der Waals surface area (Å²) in [5, 5.41) is 13.1. The lowest BCUT2D eigenvalue weighted by atomic mass is 9.85. The number of halogens is 2. The summed E-state index contributed by atoms with van der Waals surface area (Å²) in [6, 6.07) is 1.29. The molecule has 1 spiro atoms. The van der Waals surface area contributed by atoms with Crippen molar-refractivity contribution in [1.29, 1.82) is 0 Å². The molecule has 5 rings (SSSR count). The van der Waals surface area contributed by atoms with Crippen LogP contribution in [0.1, 0.15) is 64.2 Å². The van der Waals surface area contributed by atoms with Crippen molar-refractivity contribution in [2.45, 2.75) is 57.3 Å². The van der Waals surface area contributed by atoms with Crippen LogP contribution in [0.2, 0.25) is 0 Å². The Morgan fingerprint density at radius 1 is 1.28 bits per heavy atom. The number of hydroxylamine groups is 1. The normalized spacial score (nSPS) is 24.9. The average Bonchev–Trinajstić information content (AvgIpc) is 3.14. The number of aromatic nitrogens is 1. The van der Waals surface area contributed by atoms with Crippen LogP contribution in [0.4, 0.5) is 8.78 Å². The minimum atomic E-state index is -1.10. The summed E-state index contributed by atoms with van der Waals surface area (Å²) in [7, 11) is 0. The fourth-order valence-electron chi connectivity index (χ4n) is 5.30. The average molecular weight is 502 g/mol. The van der Waals surface area contributed by atoms with Crippen molar-refractivity contribution in [3.05, 3.63) is 62.6 Å². The van der Waals surface area contributed by atoms with Crippen molar-refractivity contribution in [3.8, 4) is 5.75 Å². The van der Waals surface area contributed by atoms with Gasteiger partial charge in [0, 0.05) is 30.9 Å². The van der Waals surface area contributed by atoms with Gasteiger partial charge in [-0.15, -0.1) is 0 Å². The quantitative estimate of drug-likeness (QED) is 0.583. The summed E-state index contributed by atoms with van der Waals surface area (Å²) in [5.74, 6) is -4.55. The van der Waals surface area contributed by atoms with Gasteiger partial charge in [-0.05, 0) is 44.4 Å². The number of aromatic hydroxyl groups is 1. The Morgan fingerprint density at radius 3 is 2.61 bits per heavy atom. The highest BCUT2D eigenvalue weighted by atomic mass is 19.1. The van der Waals surface area contributed by atoms with Gasteiger partial charge in [0.1, 0.15) is 22.8 Å². The van der Waals surface area contributed by atoms with Gasteiger partial charge in [0.25, 0.3) is 11.8 Å². The van der Waals surface area contributed by atoms with Crippen LogP contribution in [0.15, 0.2) is 23.1 Å². The number of aryl methyl sites for hydroxylation is 1. The predicted molar refractivity (Wildman–Crippen MR) is 120 cm³/mol. The van der Waals surface area contributed by atoms with Crippen LogP contribution >= 0.6 is 0 Å². The molecule has 4 heterocycles. The molecule has 12 heteroatoms. The lowest BCUT2D eigenvalue weighted by molar-refractivity contribution is -0.128. The number of hydrogen-bond acceptors (Lipinski definition) is 6. The van der Waals surface area contributed by atoms with Gasteiger partial charge in [0.2, 0.25) is 11.3 Å². The van der Waals surface area contributed by atoms with Crippen LogP contribution in [-0.2, 0) is 16.2 Å². The summed E-state index contributed by atoms with van der Waals surface area (Å²) < 4.78 is 29.7. The van der Waals surface area contributed by atoms with Crippen molar-refractivity contribution in [2.75, 3.05) is 6.54 Å². The molecule has 0 radical (unpaired) electrons. The standard InChI is InChI=1S/C24H24F2N4O6/c1-11-5-15(25)13(16(26)6-11)8-27-22(34)14-9-30-17-10-29(23(35)19(30)21(33)20(14)32)12(2)3-4-24(17)7-18(31)28-36-24/h5-6,9,12,17,33H,3-4,7-8,10H2,1-2H3,(H,27,34)(H,28,31)/t12-,17+,24-/m0/s1. The van der Waals surface area contributed by atoms with Gasteiger partial charge in [-0.1, -0.05) is 0 Å². The Labute approximate surface area is 203 Å². The van der Waals surface area contributed by atoms with E-state index in [1.165, 1.54) is 16.4 Å². The first-order valence-electron chi connectivity index (χ1n) is 11.5. The molecular weight excluding hydrogens is 478 g/mol. The molecule has 0 aliphatic carbocycles. The van der Waals surface area contributed by atoms with E-state index >= 15 is 0 Å². The largest absolute Gasteiger partial charge is 0.503 e. The molecule has 3 amide bonds. The summed E-state index contributed by atoms with van der Waals surface area (Å²) in [4.78, 5) is 58.4. The summed E-state index contributed by atoms with van der Waals surface area (Å²) in [6.45, 7) is 2.93. The Hall–Kier alpha value is -3.80. The lowest BCUT2D eigenvalue weighted by Crippen LogP contribution is -2.52. The molecule has 1 aromatic carbocycles. The van der Waals surface area contributed by atoms with Crippen molar-refractivity contribution >= 4 is 17.7 Å². The third-order valence-corrected chi connectivity index (χ3v) is 7.29. The van der Waals surface area contributed by atoms with Crippen LogP contribution < -0.4 is 16.2 Å². The molecule has 2 aromatic rings. The zero-order valence-electron chi connectivity index (χ0n) is 19.6. The Morgan fingerprint density at radius 2 is 1.97 bits per heavy atom. The Balaban J connectivity index is 1.55. The van der Waals surface area contributed by atoms with Gasteiger partial charge in [0.05, 0.1) is 12.5 Å². The van der Waals surface area contributed by atoms with E-state index in [9.17, 15) is 33.1 Å². The SMILES string of the molecule is Cc1cc(F)c(CNC(=O)c2cn3c(c(O)c2=O)C(=O)N2C[C@@H]3[C@]3(CC[C@@H]2C)CC(=O)NO3)c(F)c1. The van der Waals surface area contributed by atoms with Gasteiger partial charge < -0.3 is 19.9 Å². The van der Waals surface area contributed by atoms with E-state index in [-0.39, 0.29) is 36.2 Å². The first-order valence-corrected chi connectivity index (χ1v) is 11.5. The molecule has 2 fully saturated rings. The van der Waals surface area contributed by atoms with Crippen LogP contribution in [0.5, 0.6) is 5.75 Å². The number of rotatable bonds is 3. The Bertz CT molecular complexity index is 1350. The zero-order valence-corrected chi connectivity index (χ0v) is 19.6. The third-order valence-electron chi connectivity index (χ3n) is 7.29. The molecule has 3 aliphatic heterocycles. The van der Waals surface area contributed by atoms with Gasteiger partial charge >= 0.3 is 0 Å². The Kier molecular flexibility index (Phi) is 5.58. The number of nitrogens with zero attached hydrogens (tertiary/aromatic N) is 2. The topological polar surface area (TPSA) is 130 Å². The van der Waals surface area contributed by atoms with E-state index in [4.69, 9.17) is 4.84 Å². The molecule has 10 nitrogen and oxygen atoms in total. The lowest BCUT2D eigenvalue weighted by Gasteiger charge is -2.41. The third kappa shape index (κ3) is 3.63. The molecule has 3 N–H and O–H groups in total. The van der Waals surface area contributed by atoms with Crippen LogP contribution in [0, 0.1) is 18.6 Å². The van der Waals surface area contributed by atoms with E-state index < -0.39 is 58.4 Å². The van der Waals surface area contributed by atoms with Crippen molar-refractivity contribution < 1.29 is 33.1 Å². The number of carbonyl (C=O) groups is 3. The van der Waals surface area contributed by atoms with Gasteiger partial charge in [0.15, 0.2) is 11.4 Å².